The summed E-state index contributed by atoms with van der Waals surface area (Å²) in [6.45, 7) is 1.59. The van der Waals surface area contributed by atoms with Crippen LogP contribution in [0, 0.1) is 0 Å². The summed E-state index contributed by atoms with van der Waals surface area (Å²) in [5.74, 6) is -1.23. The Morgan fingerprint density at radius 2 is 2.12 bits per heavy atom. The molecule has 24 heavy (non-hydrogen) atoms. The Balaban J connectivity index is 1.58. The van der Waals surface area contributed by atoms with Crippen LogP contribution in [0.4, 0.5) is 10.8 Å². The van der Waals surface area contributed by atoms with E-state index in [0.717, 1.165) is 29.0 Å². The number of thiazole rings is 1. The largest absolute Gasteiger partial charge is 0.451 e. The van der Waals surface area contributed by atoms with Crippen molar-refractivity contribution in [2.45, 2.75) is 13.3 Å². The molecule has 0 fully saturated rings. The van der Waals surface area contributed by atoms with E-state index >= 15 is 0 Å². The van der Waals surface area contributed by atoms with Crippen LogP contribution in [0.1, 0.15) is 23.0 Å². The van der Waals surface area contributed by atoms with Gasteiger partial charge in [-0.3, -0.25) is 9.59 Å². The molecule has 1 aromatic heterocycles. The zero-order valence-corrected chi connectivity index (χ0v) is 13.8. The van der Waals surface area contributed by atoms with Crippen LogP contribution in [-0.4, -0.2) is 35.9 Å². The van der Waals surface area contributed by atoms with Crippen LogP contribution in [0.2, 0.25) is 0 Å². The number of fused-ring (bicyclic) bond motifs is 1. The first kappa shape index (κ1) is 16.1. The smallest absolute Gasteiger partial charge is 0.358 e. The highest BCUT2D eigenvalue weighted by Crippen LogP contribution is 2.27. The molecule has 0 aliphatic carbocycles. The standard InChI is InChI=1S/C16H15N3O4S/c1-10(20)17-16-18-12(9-24-16)15(22)23-8-14(21)19-7-6-11-4-2-3-5-13(11)19/h2-5,9H,6-8H2,1H3,(H,17,18,20). The normalized spacial score (nSPS) is 12.6. The van der Waals surface area contributed by atoms with Crippen molar-refractivity contribution in [2.75, 3.05) is 23.4 Å². The van der Waals surface area contributed by atoms with Gasteiger partial charge in [-0.15, -0.1) is 11.3 Å². The highest BCUT2D eigenvalue weighted by atomic mass is 32.1. The lowest BCUT2D eigenvalue weighted by Gasteiger charge is -2.16. The van der Waals surface area contributed by atoms with E-state index in [0.29, 0.717) is 11.7 Å². The monoisotopic (exact) mass is 345 g/mol. The molecule has 0 saturated heterocycles. The fourth-order valence-electron chi connectivity index (χ4n) is 2.45. The Morgan fingerprint density at radius 3 is 2.92 bits per heavy atom. The Hall–Kier alpha value is -2.74. The fraction of sp³-hybridized carbons (Fsp3) is 0.250. The molecule has 2 aromatic rings. The lowest BCUT2D eigenvalue weighted by molar-refractivity contribution is -0.121. The van der Waals surface area contributed by atoms with Crippen molar-refractivity contribution in [3.05, 3.63) is 40.9 Å². The van der Waals surface area contributed by atoms with Crippen molar-refractivity contribution >= 4 is 39.9 Å². The first-order chi connectivity index (χ1) is 11.5. The van der Waals surface area contributed by atoms with E-state index in [4.69, 9.17) is 4.74 Å². The molecule has 0 spiro atoms. The van der Waals surface area contributed by atoms with Crippen molar-refractivity contribution in [3.8, 4) is 0 Å². The number of hydrogen-bond acceptors (Lipinski definition) is 6. The summed E-state index contributed by atoms with van der Waals surface area (Å²) in [5, 5.41) is 4.28. The average molecular weight is 345 g/mol. The molecule has 2 heterocycles. The molecule has 0 saturated carbocycles. The van der Waals surface area contributed by atoms with Crippen LogP contribution in [-0.2, 0) is 20.7 Å². The summed E-state index contributed by atoms with van der Waals surface area (Å²) in [4.78, 5) is 40.7. The number of rotatable bonds is 4. The van der Waals surface area contributed by atoms with Crippen LogP contribution in [0.15, 0.2) is 29.6 Å². The van der Waals surface area contributed by atoms with Crippen LogP contribution in [0.25, 0.3) is 0 Å². The molecule has 0 unspecified atom stereocenters. The maximum atomic E-state index is 12.3. The first-order valence-electron chi connectivity index (χ1n) is 7.33. The van der Waals surface area contributed by atoms with Crippen molar-refractivity contribution in [3.63, 3.8) is 0 Å². The summed E-state index contributed by atoms with van der Waals surface area (Å²) in [6, 6.07) is 7.66. The average Bonchev–Trinajstić information content (AvgIpc) is 3.18. The minimum absolute atomic E-state index is 0.0679. The van der Waals surface area contributed by atoms with E-state index in [-0.39, 0.29) is 24.1 Å². The topological polar surface area (TPSA) is 88.6 Å². The number of nitrogens with zero attached hydrogens (tertiary/aromatic N) is 2. The van der Waals surface area contributed by atoms with E-state index in [2.05, 4.69) is 10.3 Å². The lowest BCUT2D eigenvalue weighted by Crippen LogP contribution is -2.33. The summed E-state index contributed by atoms with van der Waals surface area (Å²) in [6.07, 6.45) is 0.794. The fourth-order valence-corrected chi connectivity index (χ4v) is 3.18. The molecule has 2 amide bonds. The van der Waals surface area contributed by atoms with E-state index in [9.17, 15) is 14.4 Å². The number of nitrogens with one attached hydrogen (secondary N) is 1. The summed E-state index contributed by atoms with van der Waals surface area (Å²) in [7, 11) is 0. The number of aromatic nitrogens is 1. The number of hydrogen-bond donors (Lipinski definition) is 1. The SMILES string of the molecule is CC(=O)Nc1nc(C(=O)OCC(=O)N2CCc3ccccc32)cs1. The van der Waals surface area contributed by atoms with E-state index in [1.165, 1.54) is 12.3 Å². The van der Waals surface area contributed by atoms with E-state index in [1.807, 2.05) is 24.3 Å². The lowest BCUT2D eigenvalue weighted by atomic mass is 10.2. The third-order valence-electron chi connectivity index (χ3n) is 3.51. The molecule has 1 N–H and O–H groups in total. The second-order valence-corrected chi connectivity index (χ2v) is 6.08. The second kappa shape index (κ2) is 6.79. The van der Waals surface area contributed by atoms with Crippen molar-refractivity contribution in [1.29, 1.82) is 0 Å². The predicted molar refractivity (Wildman–Crippen MR) is 89.2 cm³/mol. The van der Waals surface area contributed by atoms with Crippen molar-refractivity contribution in [2.24, 2.45) is 0 Å². The van der Waals surface area contributed by atoms with Gasteiger partial charge in [-0.1, -0.05) is 18.2 Å². The minimum atomic E-state index is -0.691. The number of amides is 2. The van der Waals surface area contributed by atoms with Crippen LogP contribution in [0.5, 0.6) is 0 Å². The van der Waals surface area contributed by atoms with Gasteiger partial charge in [0.25, 0.3) is 5.91 Å². The molecule has 124 valence electrons. The summed E-state index contributed by atoms with van der Waals surface area (Å²) in [5.41, 5.74) is 2.04. The van der Waals surface area contributed by atoms with Gasteiger partial charge in [0.1, 0.15) is 0 Å². The molecule has 0 atom stereocenters. The summed E-state index contributed by atoms with van der Waals surface area (Å²) >= 11 is 1.12. The third-order valence-corrected chi connectivity index (χ3v) is 4.27. The number of esters is 1. The zero-order chi connectivity index (χ0) is 17.1. The molecular formula is C16H15N3O4S. The van der Waals surface area contributed by atoms with Gasteiger partial charge in [-0.25, -0.2) is 9.78 Å². The van der Waals surface area contributed by atoms with Gasteiger partial charge in [-0.05, 0) is 18.1 Å². The molecule has 7 nitrogen and oxygen atoms in total. The Bertz CT molecular complexity index is 802. The Kier molecular flexibility index (Phi) is 4.57. The molecule has 1 aliphatic rings. The first-order valence-corrected chi connectivity index (χ1v) is 8.21. The zero-order valence-electron chi connectivity index (χ0n) is 12.9. The molecule has 1 aromatic carbocycles. The van der Waals surface area contributed by atoms with E-state index in [1.54, 1.807) is 4.90 Å². The van der Waals surface area contributed by atoms with Crippen molar-refractivity contribution in [1.82, 2.24) is 4.98 Å². The molecule has 3 rings (SSSR count). The maximum Gasteiger partial charge on any atom is 0.358 e. The Labute approximate surface area is 142 Å². The molecule has 8 heteroatoms. The number of anilines is 2. The van der Waals surface area contributed by atoms with Gasteiger partial charge in [0.15, 0.2) is 17.4 Å². The summed E-state index contributed by atoms with van der Waals surface area (Å²) < 4.78 is 5.04. The minimum Gasteiger partial charge on any atom is -0.451 e. The second-order valence-electron chi connectivity index (χ2n) is 5.22. The van der Waals surface area contributed by atoms with E-state index < -0.39 is 5.97 Å². The van der Waals surface area contributed by atoms with Gasteiger partial charge < -0.3 is 15.0 Å². The number of para-hydroxylation sites is 1. The molecule has 1 aliphatic heterocycles. The highest BCUT2D eigenvalue weighted by Gasteiger charge is 2.25. The maximum absolute atomic E-state index is 12.3. The number of carbonyl (C=O) groups excluding carboxylic acids is 3. The van der Waals surface area contributed by atoms with Gasteiger partial charge in [-0.2, -0.15) is 0 Å². The van der Waals surface area contributed by atoms with Crippen molar-refractivity contribution < 1.29 is 19.1 Å². The quantitative estimate of drug-likeness (QED) is 0.854. The predicted octanol–water partition coefficient (Wildman–Crippen LogP) is 1.85. The van der Waals surface area contributed by atoms with Crippen LogP contribution >= 0.6 is 11.3 Å². The van der Waals surface area contributed by atoms with Gasteiger partial charge in [0, 0.05) is 24.5 Å². The van der Waals surface area contributed by atoms with Gasteiger partial charge in [0.2, 0.25) is 5.91 Å². The van der Waals surface area contributed by atoms with Crippen LogP contribution in [0.3, 0.4) is 0 Å². The van der Waals surface area contributed by atoms with Crippen LogP contribution < -0.4 is 10.2 Å². The molecule has 0 bridgehead atoms. The molecule has 0 radical (unpaired) electrons. The van der Waals surface area contributed by atoms with Gasteiger partial charge >= 0.3 is 5.97 Å². The van der Waals surface area contributed by atoms with Gasteiger partial charge in [0.05, 0.1) is 0 Å². The number of ether oxygens (including phenoxy) is 1. The highest BCUT2D eigenvalue weighted by molar-refractivity contribution is 7.14. The third kappa shape index (κ3) is 3.43. The molecular weight excluding hydrogens is 330 g/mol. The number of carbonyl (C=O) groups is 3. The Morgan fingerprint density at radius 1 is 1.33 bits per heavy atom. The number of benzene rings is 1.